The minimum absolute atomic E-state index is 0.612. The Hall–Kier alpha value is -1.56. The van der Waals surface area contributed by atoms with E-state index in [4.69, 9.17) is 5.26 Å². The first-order chi connectivity index (χ1) is 7.88. The van der Waals surface area contributed by atoms with Crippen molar-refractivity contribution in [3.63, 3.8) is 0 Å². The monoisotopic (exact) mass is 215 g/mol. The third-order valence-corrected chi connectivity index (χ3v) is 3.23. The lowest BCUT2D eigenvalue weighted by Gasteiger charge is -2.09. The molecule has 3 nitrogen and oxygen atoms in total. The Labute approximate surface area is 96.5 Å². The molecule has 84 valence electrons. The van der Waals surface area contributed by atoms with Crippen molar-refractivity contribution in [3.05, 3.63) is 23.9 Å². The lowest BCUT2D eigenvalue weighted by atomic mass is 10.0. The average molecular weight is 215 g/mol. The molecule has 1 aromatic rings. The fourth-order valence-corrected chi connectivity index (χ4v) is 2.27. The van der Waals surface area contributed by atoms with Crippen LogP contribution in [0.1, 0.15) is 37.7 Å². The zero-order valence-corrected chi connectivity index (χ0v) is 9.45. The number of anilines is 1. The second kappa shape index (κ2) is 5.50. The molecule has 3 heteroatoms. The van der Waals surface area contributed by atoms with Gasteiger partial charge >= 0.3 is 0 Å². The van der Waals surface area contributed by atoms with Gasteiger partial charge in [-0.2, -0.15) is 5.26 Å². The number of hydrogen-bond donors (Lipinski definition) is 1. The standard InChI is InChI=1S/C13H17N3/c14-9-12-5-6-13(16-10-12)15-8-7-11-3-1-2-4-11/h5-6,10-11H,1-4,7-8H2,(H,15,16). The van der Waals surface area contributed by atoms with Crippen molar-refractivity contribution in [3.8, 4) is 6.07 Å². The van der Waals surface area contributed by atoms with Crippen molar-refractivity contribution in [2.24, 2.45) is 5.92 Å². The van der Waals surface area contributed by atoms with Gasteiger partial charge < -0.3 is 5.32 Å². The van der Waals surface area contributed by atoms with Crippen molar-refractivity contribution in [1.29, 1.82) is 5.26 Å². The number of nitrogens with zero attached hydrogens (tertiary/aromatic N) is 2. The van der Waals surface area contributed by atoms with Crippen molar-refractivity contribution < 1.29 is 0 Å². The molecule has 1 N–H and O–H groups in total. The maximum atomic E-state index is 8.64. The Morgan fingerprint density at radius 3 is 2.81 bits per heavy atom. The van der Waals surface area contributed by atoms with Gasteiger partial charge in [0.05, 0.1) is 5.56 Å². The number of pyridine rings is 1. The average Bonchev–Trinajstić information content (AvgIpc) is 2.83. The van der Waals surface area contributed by atoms with Crippen LogP contribution in [0.4, 0.5) is 5.82 Å². The summed E-state index contributed by atoms with van der Waals surface area (Å²) < 4.78 is 0. The van der Waals surface area contributed by atoms with E-state index in [2.05, 4.69) is 16.4 Å². The number of nitrogens with one attached hydrogen (secondary N) is 1. The van der Waals surface area contributed by atoms with E-state index >= 15 is 0 Å². The van der Waals surface area contributed by atoms with E-state index in [0.29, 0.717) is 5.56 Å². The van der Waals surface area contributed by atoms with Crippen molar-refractivity contribution in [2.75, 3.05) is 11.9 Å². The van der Waals surface area contributed by atoms with Crippen molar-refractivity contribution >= 4 is 5.82 Å². The van der Waals surface area contributed by atoms with E-state index in [1.54, 1.807) is 12.3 Å². The van der Waals surface area contributed by atoms with Gasteiger partial charge in [-0.25, -0.2) is 4.98 Å². The van der Waals surface area contributed by atoms with Gasteiger partial charge in [0.15, 0.2) is 0 Å². The number of nitriles is 1. The number of rotatable bonds is 4. The van der Waals surface area contributed by atoms with Gasteiger partial charge in [0.25, 0.3) is 0 Å². The number of hydrogen-bond acceptors (Lipinski definition) is 3. The molecule has 0 unspecified atom stereocenters. The first kappa shape index (κ1) is 10.9. The van der Waals surface area contributed by atoms with Gasteiger partial charge in [-0.15, -0.1) is 0 Å². The third-order valence-electron chi connectivity index (χ3n) is 3.23. The predicted molar refractivity (Wildman–Crippen MR) is 64.0 cm³/mol. The molecule has 1 fully saturated rings. The van der Waals surface area contributed by atoms with Crippen LogP contribution in [0.15, 0.2) is 18.3 Å². The fraction of sp³-hybridized carbons (Fsp3) is 0.538. The molecule has 0 saturated heterocycles. The second-order valence-corrected chi connectivity index (χ2v) is 4.41. The van der Waals surface area contributed by atoms with Gasteiger partial charge in [-0.05, 0) is 24.5 Å². The van der Waals surface area contributed by atoms with Crippen LogP contribution >= 0.6 is 0 Å². The highest BCUT2D eigenvalue weighted by Crippen LogP contribution is 2.27. The fourth-order valence-electron chi connectivity index (χ4n) is 2.27. The van der Waals surface area contributed by atoms with E-state index in [-0.39, 0.29) is 0 Å². The van der Waals surface area contributed by atoms with Crippen LogP contribution in [-0.2, 0) is 0 Å². The summed E-state index contributed by atoms with van der Waals surface area (Å²) in [5.74, 6) is 1.78. The highest BCUT2D eigenvalue weighted by molar-refractivity contribution is 5.38. The van der Waals surface area contributed by atoms with Crippen LogP contribution in [0.3, 0.4) is 0 Å². The molecule has 0 aromatic carbocycles. The Balaban J connectivity index is 1.74. The van der Waals surface area contributed by atoms with E-state index in [0.717, 1.165) is 18.3 Å². The SMILES string of the molecule is N#Cc1ccc(NCCC2CCCC2)nc1. The summed E-state index contributed by atoms with van der Waals surface area (Å²) in [5.41, 5.74) is 0.612. The summed E-state index contributed by atoms with van der Waals surface area (Å²) in [5, 5.41) is 11.9. The minimum Gasteiger partial charge on any atom is -0.370 e. The lowest BCUT2D eigenvalue weighted by molar-refractivity contribution is 0.518. The highest BCUT2D eigenvalue weighted by Gasteiger charge is 2.13. The highest BCUT2D eigenvalue weighted by atomic mass is 15.0. The van der Waals surface area contributed by atoms with Gasteiger partial charge in [-0.1, -0.05) is 25.7 Å². The molecule has 0 amide bonds. The van der Waals surface area contributed by atoms with Gasteiger partial charge in [0.1, 0.15) is 11.9 Å². The zero-order valence-electron chi connectivity index (χ0n) is 9.45. The Kier molecular flexibility index (Phi) is 3.76. The van der Waals surface area contributed by atoms with E-state index in [9.17, 15) is 0 Å². The topological polar surface area (TPSA) is 48.7 Å². The summed E-state index contributed by atoms with van der Waals surface area (Å²) in [6.45, 7) is 0.990. The summed E-state index contributed by atoms with van der Waals surface area (Å²) >= 11 is 0. The zero-order chi connectivity index (χ0) is 11.2. The quantitative estimate of drug-likeness (QED) is 0.840. The summed E-state index contributed by atoms with van der Waals surface area (Å²) in [6, 6.07) is 5.73. The molecule has 0 radical (unpaired) electrons. The predicted octanol–water partition coefficient (Wildman–Crippen LogP) is 2.95. The van der Waals surface area contributed by atoms with Gasteiger partial charge in [0.2, 0.25) is 0 Å². The second-order valence-electron chi connectivity index (χ2n) is 4.41. The summed E-state index contributed by atoms with van der Waals surface area (Å²) in [6.07, 6.45) is 8.43. The Morgan fingerprint density at radius 1 is 1.38 bits per heavy atom. The summed E-state index contributed by atoms with van der Waals surface area (Å²) in [4.78, 5) is 4.18. The van der Waals surface area contributed by atoms with E-state index in [1.807, 2.05) is 6.07 Å². The molecule has 1 saturated carbocycles. The normalized spacial score (nSPS) is 15.9. The van der Waals surface area contributed by atoms with Crippen molar-refractivity contribution in [1.82, 2.24) is 4.98 Å². The molecule has 0 atom stereocenters. The molecule has 0 aliphatic heterocycles. The molecule has 2 rings (SSSR count). The third kappa shape index (κ3) is 2.96. The molecule has 0 bridgehead atoms. The maximum absolute atomic E-state index is 8.64. The summed E-state index contributed by atoms with van der Waals surface area (Å²) in [7, 11) is 0. The smallest absolute Gasteiger partial charge is 0.125 e. The van der Waals surface area contributed by atoms with Gasteiger partial charge in [-0.3, -0.25) is 0 Å². The molecule has 1 heterocycles. The first-order valence-electron chi connectivity index (χ1n) is 5.98. The maximum Gasteiger partial charge on any atom is 0.125 e. The van der Waals surface area contributed by atoms with Gasteiger partial charge in [0, 0.05) is 12.7 Å². The van der Waals surface area contributed by atoms with E-state index < -0.39 is 0 Å². The van der Waals surface area contributed by atoms with E-state index in [1.165, 1.54) is 32.1 Å². The minimum atomic E-state index is 0.612. The Morgan fingerprint density at radius 2 is 2.19 bits per heavy atom. The van der Waals surface area contributed by atoms with Crippen LogP contribution in [-0.4, -0.2) is 11.5 Å². The lowest BCUT2D eigenvalue weighted by Crippen LogP contribution is -2.07. The largest absolute Gasteiger partial charge is 0.370 e. The Bertz CT molecular complexity index is 358. The van der Waals surface area contributed by atoms with Crippen LogP contribution in [0.2, 0.25) is 0 Å². The van der Waals surface area contributed by atoms with Crippen LogP contribution in [0, 0.1) is 17.2 Å². The molecule has 16 heavy (non-hydrogen) atoms. The number of aromatic nitrogens is 1. The molecule has 1 aliphatic carbocycles. The van der Waals surface area contributed by atoms with Crippen LogP contribution < -0.4 is 5.32 Å². The molecule has 0 spiro atoms. The first-order valence-corrected chi connectivity index (χ1v) is 5.98. The van der Waals surface area contributed by atoms with Crippen LogP contribution in [0.25, 0.3) is 0 Å². The van der Waals surface area contributed by atoms with Crippen LogP contribution in [0.5, 0.6) is 0 Å². The molecule has 1 aromatic heterocycles. The molecular weight excluding hydrogens is 198 g/mol. The molecular formula is C13H17N3. The van der Waals surface area contributed by atoms with Crippen molar-refractivity contribution in [2.45, 2.75) is 32.1 Å². The molecule has 1 aliphatic rings.